The van der Waals surface area contributed by atoms with Gasteiger partial charge in [0.15, 0.2) is 0 Å². The number of hydrogen-bond donors (Lipinski definition) is 2. The zero-order valence-corrected chi connectivity index (χ0v) is 14.9. The molecule has 7 nitrogen and oxygen atoms in total. The second kappa shape index (κ2) is 10.6. The van der Waals surface area contributed by atoms with Gasteiger partial charge < -0.3 is 19.9 Å². The number of carboxylic acid groups (broad SMARTS) is 1. The largest absolute Gasteiger partial charge is 0.481 e. The average molecular weight is 372 g/mol. The quantitative estimate of drug-likeness (QED) is 0.510. The molecule has 0 bridgehead atoms. The number of benzene rings is 1. The first-order chi connectivity index (χ1) is 11.8. The van der Waals surface area contributed by atoms with Crippen molar-refractivity contribution in [2.24, 2.45) is 5.92 Å². The van der Waals surface area contributed by atoms with Crippen molar-refractivity contribution in [3.05, 3.63) is 34.9 Å². The van der Waals surface area contributed by atoms with Crippen LogP contribution >= 0.6 is 11.6 Å². The lowest BCUT2D eigenvalue weighted by molar-refractivity contribution is -0.156. The molecular formula is C17H22ClNO6. The Morgan fingerprint density at radius 3 is 2.40 bits per heavy atom. The number of hydrogen-bond acceptors (Lipinski definition) is 5. The molecule has 0 saturated heterocycles. The number of esters is 1. The summed E-state index contributed by atoms with van der Waals surface area (Å²) in [6.45, 7) is 3.18. The fourth-order valence-corrected chi connectivity index (χ4v) is 2.07. The molecule has 0 radical (unpaired) electrons. The highest BCUT2D eigenvalue weighted by Gasteiger charge is 2.20. The van der Waals surface area contributed by atoms with E-state index in [1.54, 1.807) is 31.2 Å². The standard InChI is InChI=1S/C17H22ClNO6/c1-3-11(2)16(22)24-10-25-17(23)19-9-8-14(15(20)21)12-4-6-13(18)7-5-12/h4-7,11,14H,3,8-10H2,1-2H3,(H,19,23)(H,20,21). The Balaban J connectivity index is 2.36. The van der Waals surface area contributed by atoms with Gasteiger partial charge in [-0.1, -0.05) is 37.6 Å². The van der Waals surface area contributed by atoms with Crippen molar-refractivity contribution >= 4 is 29.6 Å². The molecule has 0 aliphatic heterocycles. The van der Waals surface area contributed by atoms with Crippen molar-refractivity contribution in [2.75, 3.05) is 13.3 Å². The third-order valence-corrected chi connectivity index (χ3v) is 3.93. The Kier molecular flexibility index (Phi) is 8.77. The Bertz CT molecular complexity index is 589. The van der Waals surface area contributed by atoms with Gasteiger partial charge in [0.2, 0.25) is 6.79 Å². The first kappa shape index (κ1) is 20.8. The molecule has 2 unspecified atom stereocenters. The fraction of sp³-hybridized carbons (Fsp3) is 0.471. The number of alkyl carbamates (subject to hydrolysis) is 1. The Morgan fingerprint density at radius 1 is 1.20 bits per heavy atom. The van der Waals surface area contributed by atoms with E-state index in [-0.39, 0.29) is 18.9 Å². The summed E-state index contributed by atoms with van der Waals surface area (Å²) in [4.78, 5) is 34.3. The van der Waals surface area contributed by atoms with Crippen molar-refractivity contribution in [1.82, 2.24) is 5.32 Å². The molecule has 0 aromatic heterocycles. The second-order valence-corrected chi connectivity index (χ2v) is 5.92. The van der Waals surface area contributed by atoms with Crippen LogP contribution in [-0.2, 0) is 19.1 Å². The minimum atomic E-state index is -1.00. The summed E-state index contributed by atoms with van der Waals surface area (Å²) >= 11 is 5.78. The summed E-state index contributed by atoms with van der Waals surface area (Å²) in [6, 6.07) is 6.49. The maximum absolute atomic E-state index is 11.5. The molecule has 0 heterocycles. The summed E-state index contributed by atoms with van der Waals surface area (Å²) in [6.07, 6.45) is 0.0302. The van der Waals surface area contributed by atoms with Crippen LogP contribution < -0.4 is 5.32 Å². The smallest absolute Gasteiger partial charge is 0.410 e. The van der Waals surface area contributed by atoms with Crippen molar-refractivity contribution < 1.29 is 29.0 Å². The van der Waals surface area contributed by atoms with E-state index in [2.05, 4.69) is 5.32 Å². The number of ether oxygens (including phenoxy) is 2. The zero-order valence-electron chi connectivity index (χ0n) is 14.2. The third kappa shape index (κ3) is 7.43. The van der Waals surface area contributed by atoms with Gasteiger partial charge in [0.05, 0.1) is 11.8 Å². The van der Waals surface area contributed by atoms with Crippen LogP contribution in [0.25, 0.3) is 0 Å². The summed E-state index contributed by atoms with van der Waals surface area (Å²) in [7, 11) is 0. The van der Waals surface area contributed by atoms with Gasteiger partial charge in [0, 0.05) is 11.6 Å². The van der Waals surface area contributed by atoms with Gasteiger partial charge in [-0.25, -0.2) is 4.79 Å². The lowest BCUT2D eigenvalue weighted by Crippen LogP contribution is -2.29. The molecule has 0 saturated carbocycles. The highest BCUT2D eigenvalue weighted by molar-refractivity contribution is 6.30. The van der Waals surface area contributed by atoms with E-state index in [0.29, 0.717) is 17.0 Å². The molecule has 2 N–H and O–H groups in total. The highest BCUT2D eigenvalue weighted by atomic mass is 35.5. The molecule has 1 aromatic carbocycles. The van der Waals surface area contributed by atoms with Crippen LogP contribution in [0.5, 0.6) is 0 Å². The molecule has 2 atom stereocenters. The number of halogens is 1. The van der Waals surface area contributed by atoms with Crippen LogP contribution in [0, 0.1) is 5.92 Å². The molecule has 25 heavy (non-hydrogen) atoms. The van der Waals surface area contributed by atoms with Crippen LogP contribution in [-0.4, -0.2) is 36.5 Å². The Labute approximate surface area is 151 Å². The minimum Gasteiger partial charge on any atom is -0.481 e. The summed E-state index contributed by atoms with van der Waals surface area (Å²) in [5, 5.41) is 12.2. The van der Waals surface area contributed by atoms with Crippen LogP contribution in [0.4, 0.5) is 4.79 Å². The average Bonchev–Trinajstić information content (AvgIpc) is 2.58. The Morgan fingerprint density at radius 2 is 1.84 bits per heavy atom. The topological polar surface area (TPSA) is 102 Å². The monoisotopic (exact) mass is 371 g/mol. The maximum atomic E-state index is 11.5. The summed E-state index contributed by atoms with van der Waals surface area (Å²) < 4.78 is 9.50. The molecule has 0 aliphatic carbocycles. The summed E-state index contributed by atoms with van der Waals surface area (Å²) in [5.74, 6) is -2.48. The molecule has 0 aliphatic rings. The van der Waals surface area contributed by atoms with Crippen molar-refractivity contribution in [3.63, 3.8) is 0 Å². The molecule has 1 amide bonds. The minimum absolute atomic E-state index is 0.0950. The van der Waals surface area contributed by atoms with Crippen LogP contribution in [0.2, 0.25) is 5.02 Å². The lowest BCUT2D eigenvalue weighted by Gasteiger charge is -2.14. The van der Waals surface area contributed by atoms with E-state index < -0.39 is 30.7 Å². The van der Waals surface area contributed by atoms with Gasteiger partial charge in [-0.3, -0.25) is 9.59 Å². The van der Waals surface area contributed by atoms with E-state index in [0.717, 1.165) is 0 Å². The number of carboxylic acids is 1. The molecule has 1 rings (SSSR count). The van der Waals surface area contributed by atoms with E-state index >= 15 is 0 Å². The Hall–Kier alpha value is -2.28. The van der Waals surface area contributed by atoms with E-state index in [9.17, 15) is 19.5 Å². The number of nitrogens with one attached hydrogen (secondary N) is 1. The molecule has 8 heteroatoms. The van der Waals surface area contributed by atoms with Crippen molar-refractivity contribution in [1.29, 1.82) is 0 Å². The number of rotatable bonds is 9. The van der Waals surface area contributed by atoms with Gasteiger partial charge in [-0.15, -0.1) is 0 Å². The SMILES string of the molecule is CCC(C)C(=O)OCOC(=O)NCCC(C(=O)O)c1ccc(Cl)cc1. The van der Waals surface area contributed by atoms with Crippen LogP contribution in [0.1, 0.15) is 38.2 Å². The van der Waals surface area contributed by atoms with Gasteiger partial charge in [0.1, 0.15) is 0 Å². The maximum Gasteiger partial charge on any atom is 0.410 e. The first-order valence-corrected chi connectivity index (χ1v) is 8.28. The highest BCUT2D eigenvalue weighted by Crippen LogP contribution is 2.21. The predicted molar refractivity (Wildman–Crippen MR) is 91.3 cm³/mol. The van der Waals surface area contributed by atoms with Gasteiger partial charge in [-0.2, -0.15) is 0 Å². The van der Waals surface area contributed by atoms with Crippen LogP contribution in [0.3, 0.4) is 0 Å². The molecule has 0 fully saturated rings. The zero-order chi connectivity index (χ0) is 18.8. The number of carbonyl (C=O) groups excluding carboxylic acids is 2. The van der Waals surface area contributed by atoms with Crippen molar-refractivity contribution in [2.45, 2.75) is 32.6 Å². The van der Waals surface area contributed by atoms with Gasteiger partial charge >= 0.3 is 18.0 Å². The number of amides is 1. The molecular weight excluding hydrogens is 350 g/mol. The summed E-state index contributed by atoms with van der Waals surface area (Å²) in [5.41, 5.74) is 0.592. The normalized spacial score (nSPS) is 12.8. The molecule has 1 aromatic rings. The number of aliphatic carboxylic acids is 1. The molecule has 138 valence electrons. The third-order valence-electron chi connectivity index (χ3n) is 3.68. The van der Waals surface area contributed by atoms with Crippen LogP contribution in [0.15, 0.2) is 24.3 Å². The molecule has 0 spiro atoms. The van der Waals surface area contributed by atoms with E-state index in [4.69, 9.17) is 21.1 Å². The lowest BCUT2D eigenvalue weighted by atomic mass is 9.96. The first-order valence-electron chi connectivity index (χ1n) is 7.90. The fourth-order valence-electron chi connectivity index (χ4n) is 1.95. The van der Waals surface area contributed by atoms with Crippen molar-refractivity contribution in [3.8, 4) is 0 Å². The second-order valence-electron chi connectivity index (χ2n) is 5.48. The predicted octanol–water partition coefficient (Wildman–Crippen LogP) is 3.17. The number of carbonyl (C=O) groups is 3. The van der Waals surface area contributed by atoms with Gasteiger partial charge in [-0.05, 0) is 30.5 Å². The van der Waals surface area contributed by atoms with Gasteiger partial charge in [0.25, 0.3) is 0 Å². The van der Waals surface area contributed by atoms with E-state index in [1.807, 2.05) is 6.92 Å². The van der Waals surface area contributed by atoms with E-state index in [1.165, 1.54) is 0 Å².